The van der Waals surface area contributed by atoms with Crippen LogP contribution in [0, 0.1) is 0 Å². The molecule has 0 aliphatic carbocycles. The normalized spacial score (nSPS) is 24.4. The molecule has 1 aromatic carbocycles. The smallest absolute Gasteiger partial charge is 0.144 e. The Labute approximate surface area is 122 Å². The lowest BCUT2D eigenvalue weighted by Gasteiger charge is -2.55. The zero-order chi connectivity index (χ0) is 14.8. The molecule has 0 amide bonds. The Bertz CT molecular complexity index is 451. The highest BCUT2D eigenvalue weighted by Gasteiger charge is 2.47. The Morgan fingerprint density at radius 3 is 2.35 bits per heavy atom. The van der Waals surface area contributed by atoms with E-state index in [0.29, 0.717) is 0 Å². The summed E-state index contributed by atoms with van der Waals surface area (Å²) in [5, 5.41) is 3.73. The van der Waals surface area contributed by atoms with Gasteiger partial charge in [0.2, 0.25) is 0 Å². The molecular formula is C17H26N2O. The van der Waals surface area contributed by atoms with Crippen LogP contribution in [0.4, 0.5) is 5.69 Å². The highest BCUT2D eigenvalue weighted by Crippen LogP contribution is 2.34. The Balaban J connectivity index is 2.46. The van der Waals surface area contributed by atoms with Crippen molar-refractivity contribution in [2.45, 2.75) is 57.7 Å². The van der Waals surface area contributed by atoms with E-state index in [9.17, 15) is 4.79 Å². The molecule has 0 spiro atoms. The molecule has 1 aliphatic heterocycles. The second-order valence-electron chi connectivity index (χ2n) is 6.42. The second-order valence-corrected chi connectivity index (χ2v) is 6.42. The molecule has 1 fully saturated rings. The molecule has 1 unspecified atom stereocenters. The highest BCUT2D eigenvalue weighted by atomic mass is 16.1. The summed E-state index contributed by atoms with van der Waals surface area (Å²) in [4.78, 5) is 14.1. The number of para-hydroxylation sites is 1. The molecule has 0 aromatic heterocycles. The molecule has 0 bridgehead atoms. The van der Waals surface area contributed by atoms with Crippen molar-refractivity contribution in [2.75, 3.05) is 11.4 Å². The van der Waals surface area contributed by atoms with Crippen molar-refractivity contribution in [3.05, 3.63) is 30.3 Å². The number of hydrogen-bond acceptors (Lipinski definition) is 3. The standard InChI is InChI=1S/C17H26N2O/c1-5-17(6-2)15(12-20)19(13-16(3,4)18-17)14-10-8-7-9-11-14/h7-12,15,18H,5-6,13H2,1-4H3. The SMILES string of the molecule is CCC1(CC)NC(C)(C)CN(c2ccccc2)C1C=O. The van der Waals surface area contributed by atoms with Crippen molar-refractivity contribution in [3.8, 4) is 0 Å². The minimum Gasteiger partial charge on any atom is -0.358 e. The van der Waals surface area contributed by atoms with Crippen LogP contribution in [-0.2, 0) is 4.79 Å². The van der Waals surface area contributed by atoms with Crippen LogP contribution in [-0.4, -0.2) is 30.0 Å². The summed E-state index contributed by atoms with van der Waals surface area (Å²) < 4.78 is 0. The number of hydrogen-bond donors (Lipinski definition) is 1. The minimum atomic E-state index is -0.153. The number of benzene rings is 1. The number of nitrogens with zero attached hydrogens (tertiary/aromatic N) is 1. The zero-order valence-electron chi connectivity index (χ0n) is 13.0. The number of carbonyl (C=O) groups excluding carboxylic acids is 1. The summed E-state index contributed by atoms with van der Waals surface area (Å²) in [6, 6.07) is 10.1. The third-order valence-electron chi connectivity index (χ3n) is 4.53. The van der Waals surface area contributed by atoms with Gasteiger partial charge in [0.05, 0.1) is 0 Å². The Kier molecular flexibility index (Phi) is 4.19. The first kappa shape index (κ1) is 15.0. The van der Waals surface area contributed by atoms with Crippen molar-refractivity contribution in [1.29, 1.82) is 0 Å². The molecule has 0 saturated carbocycles. The second kappa shape index (κ2) is 5.57. The summed E-state index contributed by atoms with van der Waals surface area (Å²) in [6.07, 6.45) is 3.00. The average molecular weight is 274 g/mol. The molecular weight excluding hydrogens is 248 g/mol. The molecule has 20 heavy (non-hydrogen) atoms. The van der Waals surface area contributed by atoms with Crippen molar-refractivity contribution >= 4 is 12.0 Å². The lowest BCUT2D eigenvalue weighted by Crippen LogP contribution is -2.74. The van der Waals surface area contributed by atoms with Crippen molar-refractivity contribution in [3.63, 3.8) is 0 Å². The van der Waals surface area contributed by atoms with Crippen LogP contribution >= 0.6 is 0 Å². The van der Waals surface area contributed by atoms with E-state index in [1.54, 1.807) is 0 Å². The van der Waals surface area contributed by atoms with Gasteiger partial charge in [-0.15, -0.1) is 0 Å². The van der Waals surface area contributed by atoms with E-state index in [-0.39, 0.29) is 17.1 Å². The van der Waals surface area contributed by atoms with Crippen LogP contribution < -0.4 is 10.2 Å². The fourth-order valence-electron chi connectivity index (χ4n) is 3.53. The van der Waals surface area contributed by atoms with Crippen LogP contribution in [0.5, 0.6) is 0 Å². The van der Waals surface area contributed by atoms with Crippen LogP contribution in [0.1, 0.15) is 40.5 Å². The third-order valence-corrected chi connectivity index (χ3v) is 4.53. The van der Waals surface area contributed by atoms with Gasteiger partial charge in [-0.05, 0) is 38.8 Å². The molecule has 1 saturated heterocycles. The molecule has 1 aromatic rings. The van der Waals surface area contributed by atoms with E-state index < -0.39 is 0 Å². The molecule has 1 aliphatic rings. The third kappa shape index (κ3) is 2.59. The van der Waals surface area contributed by atoms with Gasteiger partial charge in [-0.3, -0.25) is 0 Å². The first-order valence-corrected chi connectivity index (χ1v) is 7.54. The predicted octanol–water partition coefficient (Wildman–Crippen LogP) is 3.00. The lowest BCUT2D eigenvalue weighted by molar-refractivity contribution is -0.111. The van der Waals surface area contributed by atoms with Gasteiger partial charge in [-0.25, -0.2) is 0 Å². The Morgan fingerprint density at radius 2 is 1.85 bits per heavy atom. The summed E-state index contributed by atoms with van der Waals surface area (Å²) in [5.41, 5.74) is 0.964. The minimum absolute atomic E-state index is 0.0125. The number of piperazine rings is 1. The van der Waals surface area contributed by atoms with E-state index in [1.807, 2.05) is 18.2 Å². The highest BCUT2D eigenvalue weighted by molar-refractivity contribution is 5.70. The first-order valence-electron chi connectivity index (χ1n) is 7.54. The van der Waals surface area contributed by atoms with Crippen molar-refractivity contribution in [2.24, 2.45) is 0 Å². The maximum Gasteiger partial charge on any atom is 0.144 e. The van der Waals surface area contributed by atoms with Gasteiger partial charge in [-0.1, -0.05) is 32.0 Å². The van der Waals surface area contributed by atoms with E-state index in [2.05, 4.69) is 50.0 Å². The van der Waals surface area contributed by atoms with Gasteiger partial charge in [-0.2, -0.15) is 0 Å². The number of anilines is 1. The number of rotatable bonds is 4. The van der Waals surface area contributed by atoms with Crippen molar-refractivity contribution < 1.29 is 4.79 Å². The van der Waals surface area contributed by atoms with Gasteiger partial charge in [0.15, 0.2) is 0 Å². The number of aldehydes is 1. The molecule has 110 valence electrons. The fourth-order valence-corrected chi connectivity index (χ4v) is 3.53. The van der Waals surface area contributed by atoms with E-state index in [0.717, 1.165) is 31.4 Å². The fraction of sp³-hybridized carbons (Fsp3) is 0.588. The van der Waals surface area contributed by atoms with E-state index in [4.69, 9.17) is 0 Å². The Hall–Kier alpha value is -1.35. The molecule has 2 rings (SSSR count). The maximum atomic E-state index is 11.8. The van der Waals surface area contributed by atoms with Gasteiger partial charge in [0.25, 0.3) is 0 Å². The molecule has 1 heterocycles. The molecule has 0 radical (unpaired) electrons. The number of nitrogens with one attached hydrogen (secondary N) is 1. The van der Waals surface area contributed by atoms with Crippen molar-refractivity contribution in [1.82, 2.24) is 5.32 Å². The monoisotopic (exact) mass is 274 g/mol. The Morgan fingerprint density at radius 1 is 1.25 bits per heavy atom. The predicted molar refractivity (Wildman–Crippen MR) is 84.2 cm³/mol. The quantitative estimate of drug-likeness (QED) is 0.857. The van der Waals surface area contributed by atoms with Gasteiger partial charge in [0, 0.05) is 23.3 Å². The van der Waals surface area contributed by atoms with Crippen LogP contribution in [0.3, 0.4) is 0 Å². The van der Waals surface area contributed by atoms with Crippen LogP contribution in [0.25, 0.3) is 0 Å². The van der Waals surface area contributed by atoms with E-state index in [1.165, 1.54) is 0 Å². The maximum absolute atomic E-state index is 11.8. The topological polar surface area (TPSA) is 32.3 Å². The summed E-state index contributed by atoms with van der Waals surface area (Å²) >= 11 is 0. The molecule has 1 atom stereocenters. The zero-order valence-corrected chi connectivity index (χ0v) is 13.0. The van der Waals surface area contributed by atoms with Gasteiger partial charge < -0.3 is 15.0 Å². The van der Waals surface area contributed by atoms with Crippen LogP contribution in [0.2, 0.25) is 0 Å². The van der Waals surface area contributed by atoms with Gasteiger partial charge >= 0.3 is 0 Å². The van der Waals surface area contributed by atoms with E-state index >= 15 is 0 Å². The van der Waals surface area contributed by atoms with Crippen LogP contribution in [0.15, 0.2) is 30.3 Å². The largest absolute Gasteiger partial charge is 0.358 e. The summed E-state index contributed by atoms with van der Waals surface area (Å²) in [6.45, 7) is 9.59. The molecule has 1 N–H and O–H groups in total. The first-order chi connectivity index (χ1) is 9.48. The summed E-state index contributed by atoms with van der Waals surface area (Å²) in [7, 11) is 0. The average Bonchev–Trinajstić information content (AvgIpc) is 2.46. The molecule has 3 heteroatoms. The lowest BCUT2D eigenvalue weighted by atomic mass is 9.78. The molecule has 3 nitrogen and oxygen atoms in total. The summed E-state index contributed by atoms with van der Waals surface area (Å²) in [5.74, 6) is 0. The van der Waals surface area contributed by atoms with Gasteiger partial charge in [0.1, 0.15) is 12.3 Å². The number of carbonyl (C=O) groups is 1.